The van der Waals surface area contributed by atoms with Gasteiger partial charge in [0, 0.05) is 38.1 Å². The summed E-state index contributed by atoms with van der Waals surface area (Å²) in [7, 11) is -1.93. The van der Waals surface area contributed by atoms with E-state index < -0.39 is 21.4 Å². The Morgan fingerprint density at radius 3 is 2.71 bits per heavy atom. The number of carbonyl (C=O) groups excluding carboxylic acids is 1. The van der Waals surface area contributed by atoms with Gasteiger partial charge in [0.15, 0.2) is 0 Å². The summed E-state index contributed by atoms with van der Waals surface area (Å²) < 4.78 is 41.1. The van der Waals surface area contributed by atoms with E-state index in [2.05, 4.69) is 10.2 Å². The fourth-order valence-electron chi connectivity index (χ4n) is 3.56. The Morgan fingerprint density at radius 2 is 1.96 bits per heavy atom. The molecule has 1 aromatic rings. The van der Waals surface area contributed by atoms with Gasteiger partial charge >= 0.3 is 0 Å². The SMILES string of the molecule is CN1CCN(S(=O)(=O)c2ccccc2F)C[C@]12CCNC(=O)CC2. The van der Waals surface area contributed by atoms with E-state index in [-0.39, 0.29) is 17.3 Å². The summed E-state index contributed by atoms with van der Waals surface area (Å²) in [5.41, 5.74) is -0.393. The van der Waals surface area contributed by atoms with Crippen molar-refractivity contribution in [1.29, 1.82) is 0 Å². The number of nitrogens with one attached hydrogen (secondary N) is 1. The minimum Gasteiger partial charge on any atom is -0.356 e. The van der Waals surface area contributed by atoms with E-state index in [1.54, 1.807) is 0 Å². The highest BCUT2D eigenvalue weighted by molar-refractivity contribution is 7.89. The van der Waals surface area contributed by atoms with E-state index in [0.717, 1.165) is 6.07 Å². The average Bonchev–Trinajstić information content (AvgIpc) is 2.73. The van der Waals surface area contributed by atoms with Crippen molar-refractivity contribution in [3.05, 3.63) is 30.1 Å². The maximum Gasteiger partial charge on any atom is 0.246 e. The van der Waals surface area contributed by atoms with Crippen molar-refractivity contribution >= 4 is 15.9 Å². The highest BCUT2D eigenvalue weighted by atomic mass is 32.2. The van der Waals surface area contributed by atoms with Crippen LogP contribution in [-0.4, -0.2) is 62.3 Å². The molecule has 2 aliphatic rings. The lowest BCUT2D eigenvalue weighted by Crippen LogP contribution is -2.62. The Kier molecular flexibility index (Phi) is 4.63. The second-order valence-electron chi connectivity index (χ2n) is 6.51. The number of likely N-dealkylation sites (N-methyl/N-ethyl adjacent to an activating group) is 1. The van der Waals surface area contributed by atoms with E-state index in [0.29, 0.717) is 38.9 Å². The Labute approximate surface area is 141 Å². The van der Waals surface area contributed by atoms with Gasteiger partial charge in [0.25, 0.3) is 0 Å². The lowest BCUT2D eigenvalue weighted by atomic mass is 9.87. The molecule has 0 bridgehead atoms. The van der Waals surface area contributed by atoms with Crippen molar-refractivity contribution in [1.82, 2.24) is 14.5 Å². The van der Waals surface area contributed by atoms with Gasteiger partial charge in [0.1, 0.15) is 10.7 Å². The number of sulfonamides is 1. The topological polar surface area (TPSA) is 69.7 Å². The van der Waals surface area contributed by atoms with Crippen LogP contribution < -0.4 is 5.32 Å². The molecule has 0 aromatic heterocycles. The Hall–Kier alpha value is -1.51. The van der Waals surface area contributed by atoms with Crippen LogP contribution in [0.2, 0.25) is 0 Å². The molecule has 1 N–H and O–H groups in total. The monoisotopic (exact) mass is 355 g/mol. The fraction of sp³-hybridized carbons (Fsp3) is 0.562. The molecule has 0 unspecified atom stereocenters. The van der Waals surface area contributed by atoms with Gasteiger partial charge in [-0.1, -0.05) is 12.1 Å². The first-order valence-corrected chi connectivity index (χ1v) is 9.52. The molecule has 2 aliphatic heterocycles. The summed E-state index contributed by atoms with van der Waals surface area (Å²) in [5, 5.41) is 2.84. The number of hydrogen-bond donors (Lipinski definition) is 1. The van der Waals surface area contributed by atoms with Gasteiger partial charge in [-0.25, -0.2) is 12.8 Å². The van der Waals surface area contributed by atoms with Crippen molar-refractivity contribution in [3.8, 4) is 0 Å². The molecule has 1 aromatic carbocycles. The molecule has 132 valence electrons. The first-order valence-electron chi connectivity index (χ1n) is 8.08. The van der Waals surface area contributed by atoms with Crippen LogP contribution >= 0.6 is 0 Å². The van der Waals surface area contributed by atoms with Gasteiger partial charge in [-0.3, -0.25) is 9.69 Å². The van der Waals surface area contributed by atoms with Gasteiger partial charge < -0.3 is 5.32 Å². The minimum atomic E-state index is -3.89. The third kappa shape index (κ3) is 3.05. The number of rotatable bonds is 2. The Morgan fingerprint density at radius 1 is 1.21 bits per heavy atom. The molecule has 1 atom stereocenters. The summed E-state index contributed by atoms with van der Waals surface area (Å²) in [4.78, 5) is 13.5. The molecule has 1 amide bonds. The highest BCUT2D eigenvalue weighted by Gasteiger charge is 2.44. The molecule has 2 saturated heterocycles. The number of amides is 1. The van der Waals surface area contributed by atoms with E-state index in [1.807, 2.05) is 7.05 Å². The van der Waals surface area contributed by atoms with Gasteiger partial charge in [0.05, 0.1) is 0 Å². The Bertz CT molecular complexity index is 740. The number of benzene rings is 1. The van der Waals surface area contributed by atoms with Crippen molar-refractivity contribution in [3.63, 3.8) is 0 Å². The van der Waals surface area contributed by atoms with Crippen LogP contribution in [0, 0.1) is 5.82 Å². The zero-order valence-corrected chi connectivity index (χ0v) is 14.5. The predicted molar refractivity (Wildman–Crippen MR) is 87.4 cm³/mol. The molecular formula is C16H22FN3O3S. The smallest absolute Gasteiger partial charge is 0.246 e. The average molecular weight is 355 g/mol. The zero-order valence-electron chi connectivity index (χ0n) is 13.7. The van der Waals surface area contributed by atoms with Crippen LogP contribution in [0.25, 0.3) is 0 Å². The van der Waals surface area contributed by atoms with Crippen molar-refractivity contribution < 1.29 is 17.6 Å². The lowest BCUT2D eigenvalue weighted by molar-refractivity contribution is -0.121. The van der Waals surface area contributed by atoms with E-state index in [1.165, 1.54) is 22.5 Å². The largest absolute Gasteiger partial charge is 0.356 e. The third-order valence-corrected chi connectivity index (χ3v) is 7.03. The number of carbonyl (C=O) groups is 1. The standard InChI is InChI=1S/C16H22FN3O3S/c1-19-10-11-20(12-16(19)7-6-15(21)18-9-8-16)24(22,23)14-5-3-2-4-13(14)17/h2-5H,6-12H2,1H3,(H,18,21)/t16-/m0/s1. The normalized spacial score (nSPS) is 27.0. The van der Waals surface area contributed by atoms with Gasteiger partial charge in [-0.05, 0) is 32.0 Å². The molecule has 3 rings (SSSR count). The molecule has 2 heterocycles. The van der Waals surface area contributed by atoms with Crippen LogP contribution in [0.15, 0.2) is 29.2 Å². The van der Waals surface area contributed by atoms with Crippen LogP contribution in [0.3, 0.4) is 0 Å². The first-order chi connectivity index (χ1) is 11.3. The molecule has 24 heavy (non-hydrogen) atoms. The van der Waals surface area contributed by atoms with Gasteiger partial charge in [-0.2, -0.15) is 4.31 Å². The van der Waals surface area contributed by atoms with E-state index in [4.69, 9.17) is 0 Å². The molecule has 1 spiro atoms. The molecule has 6 nitrogen and oxygen atoms in total. The predicted octanol–water partition coefficient (Wildman–Crippen LogP) is 0.801. The van der Waals surface area contributed by atoms with E-state index >= 15 is 0 Å². The van der Waals surface area contributed by atoms with Crippen molar-refractivity contribution in [2.24, 2.45) is 0 Å². The summed E-state index contributed by atoms with van der Waals surface area (Å²) in [6, 6.07) is 5.46. The number of halogens is 1. The summed E-state index contributed by atoms with van der Waals surface area (Å²) in [6.07, 6.45) is 1.65. The van der Waals surface area contributed by atoms with Crippen LogP contribution in [0.4, 0.5) is 4.39 Å². The summed E-state index contributed by atoms with van der Waals surface area (Å²) in [5.74, 6) is -0.738. The first kappa shape index (κ1) is 17.3. The molecule has 2 fully saturated rings. The van der Waals surface area contributed by atoms with Crippen LogP contribution in [0.5, 0.6) is 0 Å². The van der Waals surface area contributed by atoms with E-state index in [9.17, 15) is 17.6 Å². The van der Waals surface area contributed by atoms with Crippen LogP contribution in [0.1, 0.15) is 19.3 Å². The number of piperazine rings is 1. The number of hydrogen-bond acceptors (Lipinski definition) is 4. The molecule has 0 saturated carbocycles. The lowest BCUT2D eigenvalue weighted by Gasteiger charge is -2.48. The van der Waals surface area contributed by atoms with Crippen molar-refractivity contribution in [2.75, 3.05) is 33.2 Å². The summed E-state index contributed by atoms with van der Waals surface area (Å²) in [6.45, 7) is 1.67. The second-order valence-corrected chi connectivity index (χ2v) is 8.42. The zero-order chi connectivity index (χ0) is 17.4. The quantitative estimate of drug-likeness (QED) is 0.852. The van der Waals surface area contributed by atoms with Crippen molar-refractivity contribution in [2.45, 2.75) is 29.7 Å². The molecular weight excluding hydrogens is 333 g/mol. The highest BCUT2D eigenvalue weighted by Crippen LogP contribution is 2.33. The number of nitrogens with zero attached hydrogens (tertiary/aromatic N) is 2. The van der Waals surface area contributed by atoms with Gasteiger partial charge in [0.2, 0.25) is 15.9 Å². The van der Waals surface area contributed by atoms with Crippen LogP contribution in [-0.2, 0) is 14.8 Å². The maximum absolute atomic E-state index is 14.0. The Balaban J connectivity index is 1.90. The minimum absolute atomic E-state index is 0.00522. The molecule has 8 heteroatoms. The molecule has 0 radical (unpaired) electrons. The third-order valence-electron chi connectivity index (χ3n) is 5.15. The maximum atomic E-state index is 14.0. The second kappa shape index (κ2) is 6.42. The molecule has 0 aliphatic carbocycles. The van der Waals surface area contributed by atoms with Gasteiger partial charge in [-0.15, -0.1) is 0 Å². The summed E-state index contributed by atoms with van der Waals surface area (Å²) >= 11 is 0. The fourth-order valence-corrected chi connectivity index (χ4v) is 5.13.